The van der Waals surface area contributed by atoms with Crippen LogP contribution in [0.4, 0.5) is 0 Å². The highest BCUT2D eigenvalue weighted by Gasteiger charge is 2.47. The van der Waals surface area contributed by atoms with E-state index in [9.17, 15) is 13.5 Å². The maximum atomic E-state index is 13.8. The highest BCUT2D eigenvalue weighted by atomic mass is 35.5. The van der Waals surface area contributed by atoms with Gasteiger partial charge in [0.2, 0.25) is 0 Å². The standard InChI is InChI=1S/C24H23ClO3S2/c1-2-3-18-24(26,19-14-16-20(25)17-15-19)23(29-21-10-6-4-7-11-21)30(27,28)22-12-8-5-9-13-22/h2,4-17,23,26H,1,3,18H2. The summed E-state index contributed by atoms with van der Waals surface area (Å²) in [7, 11) is -3.90. The number of rotatable bonds is 9. The van der Waals surface area contributed by atoms with Crippen LogP contribution in [0.15, 0.2) is 107 Å². The van der Waals surface area contributed by atoms with E-state index in [-0.39, 0.29) is 11.3 Å². The molecule has 1 N–H and O–H groups in total. The van der Waals surface area contributed by atoms with Crippen LogP contribution in [0.3, 0.4) is 0 Å². The lowest BCUT2D eigenvalue weighted by Crippen LogP contribution is -2.42. The SMILES string of the molecule is C=CCCC(O)(c1ccc(Cl)cc1)C(Sc1ccccc1)S(=O)(=O)c1ccccc1. The van der Waals surface area contributed by atoms with Gasteiger partial charge in [0, 0.05) is 9.92 Å². The zero-order valence-corrected chi connectivity index (χ0v) is 18.7. The molecule has 30 heavy (non-hydrogen) atoms. The Morgan fingerprint density at radius 1 is 0.967 bits per heavy atom. The fourth-order valence-electron chi connectivity index (χ4n) is 3.23. The van der Waals surface area contributed by atoms with Crippen molar-refractivity contribution in [2.24, 2.45) is 0 Å². The topological polar surface area (TPSA) is 54.4 Å². The average Bonchev–Trinajstić information content (AvgIpc) is 2.77. The highest BCUT2D eigenvalue weighted by Crippen LogP contribution is 2.45. The lowest BCUT2D eigenvalue weighted by molar-refractivity contribution is 0.0439. The third kappa shape index (κ3) is 4.98. The summed E-state index contributed by atoms with van der Waals surface area (Å²) in [5, 5.41) is 12.4. The van der Waals surface area contributed by atoms with Crippen LogP contribution in [0.25, 0.3) is 0 Å². The van der Waals surface area contributed by atoms with Gasteiger partial charge < -0.3 is 5.11 Å². The van der Waals surface area contributed by atoms with Gasteiger partial charge in [0.15, 0.2) is 9.84 Å². The molecule has 2 unspecified atom stereocenters. The maximum absolute atomic E-state index is 13.8. The average molecular weight is 459 g/mol. The lowest BCUT2D eigenvalue weighted by Gasteiger charge is -2.36. The second kappa shape index (κ2) is 9.84. The van der Waals surface area contributed by atoms with Crippen molar-refractivity contribution in [1.82, 2.24) is 0 Å². The molecule has 3 aromatic rings. The molecule has 0 saturated heterocycles. The Morgan fingerprint density at radius 3 is 2.10 bits per heavy atom. The molecule has 0 heterocycles. The normalized spacial score (nSPS) is 14.6. The van der Waals surface area contributed by atoms with E-state index < -0.39 is 20.0 Å². The number of benzene rings is 3. The summed E-state index contributed by atoms with van der Waals surface area (Å²) >= 11 is 7.18. The van der Waals surface area contributed by atoms with Crippen LogP contribution in [0, 0.1) is 0 Å². The summed E-state index contributed by atoms with van der Waals surface area (Å²) in [6.45, 7) is 3.75. The minimum absolute atomic E-state index is 0.171. The molecule has 0 spiro atoms. The van der Waals surface area contributed by atoms with Crippen molar-refractivity contribution < 1.29 is 13.5 Å². The molecule has 0 aliphatic rings. The molecule has 0 aliphatic carbocycles. The van der Waals surface area contributed by atoms with Gasteiger partial charge in [-0.05, 0) is 54.8 Å². The molecule has 0 aliphatic heterocycles. The van der Waals surface area contributed by atoms with Gasteiger partial charge in [0.05, 0.1) is 4.90 Å². The molecule has 0 radical (unpaired) electrons. The first kappa shape index (κ1) is 22.6. The fraction of sp³-hybridized carbons (Fsp3) is 0.167. The quantitative estimate of drug-likeness (QED) is 0.311. The first-order chi connectivity index (χ1) is 14.4. The molecule has 3 aromatic carbocycles. The largest absolute Gasteiger partial charge is 0.383 e. The van der Waals surface area contributed by atoms with Crippen molar-refractivity contribution in [2.45, 2.75) is 32.8 Å². The summed E-state index contributed by atoms with van der Waals surface area (Å²) < 4.78 is 26.3. The molecule has 3 nitrogen and oxygen atoms in total. The van der Waals surface area contributed by atoms with Crippen molar-refractivity contribution in [2.75, 3.05) is 0 Å². The van der Waals surface area contributed by atoms with Crippen LogP contribution < -0.4 is 0 Å². The van der Waals surface area contributed by atoms with Crippen molar-refractivity contribution in [3.05, 3.63) is 108 Å². The Kier molecular flexibility index (Phi) is 7.42. The number of sulfone groups is 1. The number of hydrogen-bond donors (Lipinski definition) is 1. The van der Waals surface area contributed by atoms with E-state index in [2.05, 4.69) is 6.58 Å². The summed E-state index contributed by atoms with van der Waals surface area (Å²) in [6, 6.07) is 24.2. The Balaban J connectivity index is 2.18. The Labute approximate surface area is 187 Å². The third-order valence-corrected chi connectivity index (χ3v) is 9.14. The summed E-state index contributed by atoms with van der Waals surface area (Å²) in [5.74, 6) is 0. The predicted octanol–water partition coefficient (Wildman–Crippen LogP) is 6.09. The minimum atomic E-state index is -3.90. The van der Waals surface area contributed by atoms with E-state index >= 15 is 0 Å². The second-order valence-corrected chi connectivity index (χ2v) is 10.8. The summed E-state index contributed by atoms with van der Waals surface area (Å²) in [4.78, 5) is 0.928. The van der Waals surface area contributed by atoms with E-state index in [1.165, 1.54) is 0 Å². The Bertz CT molecular complexity index is 1070. The number of halogens is 1. The second-order valence-electron chi connectivity index (χ2n) is 6.88. The van der Waals surface area contributed by atoms with E-state index in [1.807, 2.05) is 30.3 Å². The lowest BCUT2D eigenvalue weighted by atomic mass is 9.90. The van der Waals surface area contributed by atoms with Crippen LogP contribution in [0.2, 0.25) is 5.02 Å². The van der Waals surface area contributed by atoms with Crippen molar-refractivity contribution in [1.29, 1.82) is 0 Å². The van der Waals surface area contributed by atoms with Gasteiger partial charge in [0.1, 0.15) is 10.2 Å². The number of allylic oxidation sites excluding steroid dienone is 1. The molecule has 156 valence electrons. The van der Waals surface area contributed by atoms with E-state index in [0.29, 0.717) is 17.0 Å². The van der Waals surface area contributed by atoms with Gasteiger partial charge in [-0.1, -0.05) is 66.2 Å². The predicted molar refractivity (Wildman–Crippen MR) is 124 cm³/mol. The molecule has 0 saturated carbocycles. The van der Waals surface area contributed by atoms with Crippen LogP contribution in [0.5, 0.6) is 0 Å². The van der Waals surface area contributed by atoms with Gasteiger partial charge in [-0.2, -0.15) is 0 Å². The Morgan fingerprint density at radius 2 is 1.53 bits per heavy atom. The molecular formula is C24H23ClO3S2. The van der Waals surface area contributed by atoms with E-state index in [1.54, 1.807) is 60.7 Å². The smallest absolute Gasteiger partial charge is 0.194 e. The van der Waals surface area contributed by atoms with Gasteiger partial charge in [0.25, 0.3) is 0 Å². The number of hydrogen-bond acceptors (Lipinski definition) is 4. The first-order valence-electron chi connectivity index (χ1n) is 9.48. The molecule has 0 amide bonds. The number of thioether (sulfide) groups is 1. The van der Waals surface area contributed by atoms with E-state index in [0.717, 1.165) is 16.7 Å². The monoisotopic (exact) mass is 458 g/mol. The minimum Gasteiger partial charge on any atom is -0.383 e. The van der Waals surface area contributed by atoms with Crippen LogP contribution in [-0.4, -0.2) is 18.1 Å². The molecule has 2 atom stereocenters. The Hall–Kier alpha value is -2.05. The molecular weight excluding hydrogens is 436 g/mol. The van der Waals surface area contributed by atoms with Crippen molar-refractivity contribution >= 4 is 33.2 Å². The maximum Gasteiger partial charge on any atom is 0.194 e. The van der Waals surface area contributed by atoms with E-state index in [4.69, 9.17) is 11.6 Å². The van der Waals surface area contributed by atoms with Gasteiger partial charge in [-0.15, -0.1) is 18.3 Å². The van der Waals surface area contributed by atoms with Crippen molar-refractivity contribution in [3.63, 3.8) is 0 Å². The van der Waals surface area contributed by atoms with Crippen molar-refractivity contribution in [3.8, 4) is 0 Å². The van der Waals surface area contributed by atoms with Gasteiger partial charge in [-0.3, -0.25) is 0 Å². The summed E-state index contributed by atoms with van der Waals surface area (Å²) in [5.41, 5.74) is -1.16. The van der Waals surface area contributed by atoms with Crippen LogP contribution in [0.1, 0.15) is 18.4 Å². The molecule has 3 rings (SSSR count). The third-order valence-electron chi connectivity index (χ3n) is 4.80. The molecule has 0 aromatic heterocycles. The zero-order valence-electron chi connectivity index (χ0n) is 16.3. The molecule has 0 fully saturated rings. The van der Waals surface area contributed by atoms with Gasteiger partial charge in [-0.25, -0.2) is 8.42 Å². The summed E-state index contributed by atoms with van der Waals surface area (Å²) in [6.07, 6.45) is 2.34. The first-order valence-corrected chi connectivity index (χ1v) is 12.3. The van der Waals surface area contributed by atoms with Crippen LogP contribution >= 0.6 is 23.4 Å². The number of aliphatic hydroxyl groups is 1. The zero-order chi connectivity index (χ0) is 21.6. The van der Waals surface area contributed by atoms with Gasteiger partial charge >= 0.3 is 0 Å². The molecule has 6 heteroatoms. The fourth-order valence-corrected chi connectivity index (χ4v) is 7.09. The van der Waals surface area contributed by atoms with Crippen LogP contribution in [-0.2, 0) is 15.4 Å². The molecule has 0 bridgehead atoms. The highest BCUT2D eigenvalue weighted by molar-refractivity contribution is 8.13.